The molecular formula is C22H29N3O. The largest absolute Gasteiger partial charge is 0.380 e. The van der Waals surface area contributed by atoms with Gasteiger partial charge in [-0.3, -0.25) is 4.90 Å². The van der Waals surface area contributed by atoms with Crippen LogP contribution in [0.1, 0.15) is 36.1 Å². The molecule has 0 aromatic heterocycles. The van der Waals surface area contributed by atoms with E-state index in [1.807, 2.05) is 0 Å². The van der Waals surface area contributed by atoms with Crippen LogP contribution in [0.2, 0.25) is 0 Å². The number of hydrogen-bond acceptors (Lipinski definition) is 4. The van der Waals surface area contributed by atoms with Gasteiger partial charge in [-0.05, 0) is 34.4 Å². The molecule has 0 bridgehead atoms. The summed E-state index contributed by atoms with van der Waals surface area (Å²) in [4.78, 5) is 2.53. The third-order valence-corrected chi connectivity index (χ3v) is 5.71. The van der Waals surface area contributed by atoms with Crippen molar-refractivity contribution in [1.29, 1.82) is 0 Å². The third-order valence-electron chi connectivity index (χ3n) is 5.71. The van der Waals surface area contributed by atoms with E-state index in [-0.39, 0.29) is 5.41 Å². The van der Waals surface area contributed by atoms with E-state index in [9.17, 15) is 0 Å². The second-order valence-electron chi connectivity index (χ2n) is 7.97. The first-order valence-corrected chi connectivity index (χ1v) is 9.54. The molecule has 2 aliphatic rings. The van der Waals surface area contributed by atoms with Gasteiger partial charge in [-0.2, -0.15) is 0 Å². The molecular weight excluding hydrogens is 322 g/mol. The molecule has 26 heavy (non-hydrogen) atoms. The number of hydrogen-bond donors (Lipinski definition) is 2. The molecule has 2 aromatic rings. The van der Waals surface area contributed by atoms with Gasteiger partial charge in [0.1, 0.15) is 0 Å². The molecule has 138 valence electrons. The first kappa shape index (κ1) is 17.5. The normalized spacial score (nSPS) is 18.7. The minimum atomic E-state index is -0.0129. The van der Waals surface area contributed by atoms with Crippen molar-refractivity contribution in [1.82, 2.24) is 10.2 Å². The number of nitrogens with one attached hydrogen (secondary N) is 2. The number of rotatable bonds is 4. The van der Waals surface area contributed by atoms with Crippen molar-refractivity contribution in [3.05, 3.63) is 58.7 Å². The Morgan fingerprint density at radius 2 is 1.73 bits per heavy atom. The second-order valence-corrected chi connectivity index (χ2v) is 7.97. The highest BCUT2D eigenvalue weighted by Gasteiger charge is 2.32. The molecule has 0 aliphatic carbocycles. The molecule has 2 aromatic carbocycles. The minimum absolute atomic E-state index is 0.0129. The zero-order valence-corrected chi connectivity index (χ0v) is 16.1. The molecule has 0 amide bonds. The molecule has 1 saturated heterocycles. The van der Waals surface area contributed by atoms with E-state index in [0.717, 1.165) is 32.7 Å². The summed E-state index contributed by atoms with van der Waals surface area (Å²) in [6.07, 6.45) is 0. The number of anilines is 2. The van der Waals surface area contributed by atoms with E-state index in [4.69, 9.17) is 4.74 Å². The van der Waals surface area contributed by atoms with Gasteiger partial charge >= 0.3 is 0 Å². The summed E-state index contributed by atoms with van der Waals surface area (Å²) in [7, 11) is 1.74. The van der Waals surface area contributed by atoms with Crippen LogP contribution >= 0.6 is 0 Å². The van der Waals surface area contributed by atoms with E-state index in [1.165, 1.54) is 33.6 Å². The molecule has 0 unspecified atom stereocenters. The van der Waals surface area contributed by atoms with Gasteiger partial charge in [0.2, 0.25) is 0 Å². The van der Waals surface area contributed by atoms with Crippen LogP contribution in [0.3, 0.4) is 0 Å². The van der Waals surface area contributed by atoms with Crippen LogP contribution in [0.5, 0.6) is 0 Å². The maximum atomic E-state index is 5.29. The SMILES string of the molecule is COCc1ccc2c(c1)Nc1ccc(CN3CCNCC3)cc1C2(C)C. The fourth-order valence-electron chi connectivity index (χ4n) is 4.23. The summed E-state index contributed by atoms with van der Waals surface area (Å²) in [6.45, 7) is 10.8. The van der Waals surface area contributed by atoms with E-state index in [0.29, 0.717) is 6.61 Å². The Morgan fingerprint density at radius 1 is 0.962 bits per heavy atom. The van der Waals surface area contributed by atoms with Crippen molar-refractivity contribution in [2.24, 2.45) is 0 Å². The second kappa shape index (κ2) is 7.03. The Hall–Kier alpha value is -1.88. The van der Waals surface area contributed by atoms with Gasteiger partial charge < -0.3 is 15.4 Å². The molecule has 4 nitrogen and oxygen atoms in total. The number of methoxy groups -OCH3 is 1. The lowest BCUT2D eigenvalue weighted by Gasteiger charge is -2.36. The highest BCUT2D eigenvalue weighted by Crippen LogP contribution is 2.45. The van der Waals surface area contributed by atoms with Gasteiger partial charge in [-0.25, -0.2) is 0 Å². The zero-order valence-electron chi connectivity index (χ0n) is 16.1. The smallest absolute Gasteiger partial charge is 0.0713 e. The average Bonchev–Trinajstić information content (AvgIpc) is 2.63. The summed E-state index contributed by atoms with van der Waals surface area (Å²) in [5.74, 6) is 0. The predicted molar refractivity (Wildman–Crippen MR) is 107 cm³/mol. The van der Waals surface area contributed by atoms with Crippen molar-refractivity contribution < 1.29 is 4.74 Å². The third kappa shape index (κ3) is 3.25. The lowest BCUT2D eigenvalue weighted by molar-refractivity contribution is 0.185. The van der Waals surface area contributed by atoms with E-state index in [2.05, 4.69) is 65.8 Å². The summed E-state index contributed by atoms with van der Waals surface area (Å²) in [5, 5.41) is 7.07. The van der Waals surface area contributed by atoms with Crippen molar-refractivity contribution in [2.45, 2.75) is 32.4 Å². The standard InChI is InChI=1S/C22H29N3O/c1-22(2)18-6-4-17(15-26-3)13-21(18)24-20-7-5-16(12-19(20)22)14-25-10-8-23-9-11-25/h4-7,12-13,23-24H,8-11,14-15H2,1-3H3. The fourth-order valence-corrected chi connectivity index (χ4v) is 4.23. The maximum absolute atomic E-state index is 5.29. The number of piperazine rings is 1. The summed E-state index contributed by atoms with van der Waals surface area (Å²) in [5.41, 5.74) is 7.75. The van der Waals surface area contributed by atoms with Crippen molar-refractivity contribution >= 4 is 11.4 Å². The molecule has 0 radical (unpaired) electrons. The van der Waals surface area contributed by atoms with Crippen LogP contribution in [-0.2, 0) is 23.3 Å². The highest BCUT2D eigenvalue weighted by atomic mass is 16.5. The zero-order chi connectivity index (χ0) is 18.1. The number of benzene rings is 2. The lowest BCUT2D eigenvalue weighted by atomic mass is 9.73. The molecule has 2 N–H and O–H groups in total. The molecule has 2 aliphatic heterocycles. The average molecular weight is 351 g/mol. The maximum Gasteiger partial charge on any atom is 0.0713 e. The van der Waals surface area contributed by atoms with Crippen LogP contribution in [0.15, 0.2) is 36.4 Å². The van der Waals surface area contributed by atoms with Gasteiger partial charge in [0.25, 0.3) is 0 Å². The molecule has 0 spiro atoms. The first-order valence-electron chi connectivity index (χ1n) is 9.54. The molecule has 0 saturated carbocycles. The molecule has 1 fully saturated rings. The Morgan fingerprint density at radius 3 is 2.50 bits per heavy atom. The lowest BCUT2D eigenvalue weighted by Crippen LogP contribution is -2.42. The van der Waals surface area contributed by atoms with E-state index < -0.39 is 0 Å². The van der Waals surface area contributed by atoms with Crippen LogP contribution in [0.4, 0.5) is 11.4 Å². The summed E-state index contributed by atoms with van der Waals surface area (Å²) >= 11 is 0. The highest BCUT2D eigenvalue weighted by molar-refractivity contribution is 5.76. The Bertz CT molecular complexity index is 794. The molecule has 4 heteroatoms. The van der Waals surface area contributed by atoms with Gasteiger partial charge in [-0.15, -0.1) is 0 Å². The molecule has 2 heterocycles. The summed E-state index contributed by atoms with van der Waals surface area (Å²) < 4.78 is 5.29. The van der Waals surface area contributed by atoms with Gasteiger partial charge in [0, 0.05) is 56.6 Å². The monoisotopic (exact) mass is 351 g/mol. The van der Waals surface area contributed by atoms with Crippen LogP contribution < -0.4 is 10.6 Å². The van der Waals surface area contributed by atoms with Gasteiger partial charge in [0.15, 0.2) is 0 Å². The van der Waals surface area contributed by atoms with E-state index >= 15 is 0 Å². The van der Waals surface area contributed by atoms with E-state index in [1.54, 1.807) is 7.11 Å². The van der Waals surface area contributed by atoms with Crippen molar-refractivity contribution in [3.63, 3.8) is 0 Å². The van der Waals surface area contributed by atoms with Gasteiger partial charge in [0.05, 0.1) is 6.61 Å². The number of fused-ring (bicyclic) bond motifs is 2. The van der Waals surface area contributed by atoms with Crippen LogP contribution in [-0.4, -0.2) is 38.2 Å². The van der Waals surface area contributed by atoms with Crippen molar-refractivity contribution in [3.8, 4) is 0 Å². The molecule has 0 atom stereocenters. The minimum Gasteiger partial charge on any atom is -0.380 e. The number of ether oxygens (including phenoxy) is 1. The fraction of sp³-hybridized carbons (Fsp3) is 0.455. The Balaban J connectivity index is 1.64. The predicted octanol–water partition coefficient (Wildman–Crippen LogP) is 3.62. The number of nitrogens with zero attached hydrogens (tertiary/aromatic N) is 1. The Kier molecular flexibility index (Phi) is 4.74. The van der Waals surface area contributed by atoms with Crippen LogP contribution in [0.25, 0.3) is 0 Å². The quantitative estimate of drug-likeness (QED) is 0.882. The topological polar surface area (TPSA) is 36.5 Å². The van der Waals surface area contributed by atoms with Crippen LogP contribution in [0, 0.1) is 0 Å². The van der Waals surface area contributed by atoms with Crippen molar-refractivity contribution in [2.75, 3.05) is 38.6 Å². The summed E-state index contributed by atoms with van der Waals surface area (Å²) in [6, 6.07) is 13.6. The molecule has 4 rings (SSSR count). The Labute approximate surface area is 156 Å². The van der Waals surface area contributed by atoms with Gasteiger partial charge in [-0.1, -0.05) is 38.1 Å². The first-order chi connectivity index (χ1) is 12.6.